The van der Waals surface area contributed by atoms with E-state index >= 15 is 0 Å². The largest absolute Gasteiger partial charge is 0.490 e. The van der Waals surface area contributed by atoms with E-state index in [9.17, 15) is 42.2 Å². The van der Waals surface area contributed by atoms with E-state index in [1.807, 2.05) is 0 Å². The van der Waals surface area contributed by atoms with Gasteiger partial charge in [0.1, 0.15) is 5.69 Å². The molecule has 0 spiro atoms. The number of anilines is 1. The number of hydrogen-bond donors (Lipinski definition) is 1. The van der Waals surface area contributed by atoms with Crippen LogP contribution >= 0.6 is 0 Å². The van der Waals surface area contributed by atoms with Gasteiger partial charge in [0, 0.05) is 6.07 Å². The van der Waals surface area contributed by atoms with E-state index in [-0.39, 0.29) is 29.4 Å². The minimum atomic E-state index is -2.32. The first-order chi connectivity index (χ1) is 17.0. The van der Waals surface area contributed by atoms with Gasteiger partial charge in [0.25, 0.3) is 5.69 Å². The number of nitro groups is 2. The fraction of sp³-hybridized carbons (Fsp3) is 0.0952. The Kier molecular flexibility index (Phi) is 7.61. The first-order valence-electron chi connectivity index (χ1n) is 9.73. The van der Waals surface area contributed by atoms with Crippen molar-refractivity contribution in [3.8, 4) is 17.2 Å². The maximum atomic E-state index is 13.7. The molecular weight excluding hydrogens is 499 g/mol. The number of hydrazone groups is 1. The lowest BCUT2D eigenvalue weighted by Crippen LogP contribution is -2.06. The van der Waals surface area contributed by atoms with Gasteiger partial charge in [-0.1, -0.05) is 0 Å². The molecule has 0 saturated heterocycles. The highest BCUT2D eigenvalue weighted by atomic mass is 19.2. The Labute approximate surface area is 197 Å². The van der Waals surface area contributed by atoms with Gasteiger partial charge in [-0.25, -0.2) is 22.0 Å². The third-order valence-corrected chi connectivity index (χ3v) is 4.44. The molecule has 36 heavy (non-hydrogen) atoms. The SMILES string of the molecule is CCOc1cc(/C=N\Nc2c(F)c(F)c(F)c(F)c2F)ccc1Oc1ccc([N+](=O)[O-])cc1[N+](=O)[O-]. The molecule has 0 aliphatic heterocycles. The molecule has 3 aromatic carbocycles. The van der Waals surface area contributed by atoms with Crippen molar-refractivity contribution in [2.24, 2.45) is 5.10 Å². The lowest BCUT2D eigenvalue weighted by atomic mass is 10.2. The van der Waals surface area contributed by atoms with Crippen molar-refractivity contribution in [1.82, 2.24) is 0 Å². The van der Waals surface area contributed by atoms with Crippen LogP contribution in [0.5, 0.6) is 17.2 Å². The second-order valence-electron chi connectivity index (χ2n) is 6.72. The molecule has 0 fully saturated rings. The zero-order valence-electron chi connectivity index (χ0n) is 17.9. The Balaban J connectivity index is 1.89. The summed E-state index contributed by atoms with van der Waals surface area (Å²) in [5.74, 6) is -11.1. The van der Waals surface area contributed by atoms with Gasteiger partial charge < -0.3 is 9.47 Å². The summed E-state index contributed by atoms with van der Waals surface area (Å²) in [6.45, 7) is 1.73. The van der Waals surface area contributed by atoms with Crippen molar-refractivity contribution in [1.29, 1.82) is 0 Å². The van der Waals surface area contributed by atoms with Crippen LogP contribution in [0, 0.1) is 49.3 Å². The minimum Gasteiger partial charge on any atom is -0.490 e. The van der Waals surface area contributed by atoms with Crippen LogP contribution in [0.4, 0.5) is 39.0 Å². The number of benzene rings is 3. The lowest BCUT2D eigenvalue weighted by Gasteiger charge is -2.12. The highest BCUT2D eigenvalue weighted by Gasteiger charge is 2.26. The number of hydrogen-bond acceptors (Lipinski definition) is 8. The molecule has 0 bridgehead atoms. The summed E-state index contributed by atoms with van der Waals surface area (Å²) in [7, 11) is 0. The Morgan fingerprint density at radius 3 is 2.06 bits per heavy atom. The number of ether oxygens (including phenoxy) is 2. The number of nitro benzene ring substituents is 2. The molecule has 1 N–H and O–H groups in total. The molecule has 0 radical (unpaired) electrons. The summed E-state index contributed by atoms with van der Waals surface area (Å²) in [4.78, 5) is 20.5. The Hall–Kier alpha value is -4.82. The fourth-order valence-corrected chi connectivity index (χ4v) is 2.80. The van der Waals surface area contributed by atoms with E-state index in [2.05, 4.69) is 5.10 Å². The maximum absolute atomic E-state index is 13.7. The second kappa shape index (κ2) is 10.6. The van der Waals surface area contributed by atoms with Crippen molar-refractivity contribution >= 4 is 23.3 Å². The standard InChI is InChI=1S/C21H13F5N4O6/c1-2-35-15-7-10(9-27-28-21-19(25)17(23)16(22)18(24)20(21)26)3-5-14(15)36-13-6-4-11(29(31)32)8-12(13)30(33)34/h3-9,28H,2H2,1H3/b27-9-. The van der Waals surface area contributed by atoms with Crippen LogP contribution in [0.2, 0.25) is 0 Å². The molecule has 188 valence electrons. The fourth-order valence-electron chi connectivity index (χ4n) is 2.80. The summed E-state index contributed by atoms with van der Waals surface area (Å²) >= 11 is 0. The smallest absolute Gasteiger partial charge is 0.318 e. The summed E-state index contributed by atoms with van der Waals surface area (Å²) in [6, 6.07) is 6.69. The van der Waals surface area contributed by atoms with Crippen LogP contribution in [0.15, 0.2) is 41.5 Å². The number of halogens is 5. The molecule has 0 atom stereocenters. The predicted molar refractivity (Wildman–Crippen MR) is 115 cm³/mol. The summed E-state index contributed by atoms with van der Waals surface area (Å²) in [5, 5.41) is 25.7. The third-order valence-electron chi connectivity index (χ3n) is 4.44. The van der Waals surface area contributed by atoms with E-state index in [4.69, 9.17) is 9.47 Å². The molecule has 0 heterocycles. The molecule has 0 aliphatic rings. The van der Waals surface area contributed by atoms with E-state index in [0.29, 0.717) is 0 Å². The number of nitrogens with zero attached hydrogens (tertiary/aromatic N) is 3. The minimum absolute atomic E-state index is 0.0290. The average Bonchev–Trinajstić information content (AvgIpc) is 2.85. The van der Waals surface area contributed by atoms with Crippen molar-refractivity contribution in [2.75, 3.05) is 12.0 Å². The number of nitrogens with one attached hydrogen (secondary N) is 1. The molecule has 0 aliphatic carbocycles. The van der Waals surface area contributed by atoms with E-state index in [1.165, 1.54) is 18.2 Å². The second-order valence-corrected chi connectivity index (χ2v) is 6.72. The predicted octanol–water partition coefficient (Wildman–Crippen LogP) is 5.84. The van der Waals surface area contributed by atoms with Gasteiger partial charge in [-0.3, -0.25) is 25.7 Å². The molecule has 3 aromatic rings. The van der Waals surface area contributed by atoms with Gasteiger partial charge in [-0.05, 0) is 36.8 Å². The van der Waals surface area contributed by atoms with Crippen molar-refractivity contribution < 1.29 is 41.3 Å². The topological polar surface area (TPSA) is 129 Å². The molecule has 10 nitrogen and oxygen atoms in total. The monoisotopic (exact) mass is 512 g/mol. The van der Waals surface area contributed by atoms with Crippen LogP contribution in [-0.2, 0) is 0 Å². The molecule has 0 aromatic heterocycles. The van der Waals surface area contributed by atoms with Crippen LogP contribution in [0.25, 0.3) is 0 Å². The first kappa shape index (κ1) is 25.8. The normalized spacial score (nSPS) is 10.9. The Bertz CT molecular complexity index is 1360. The van der Waals surface area contributed by atoms with Crippen LogP contribution < -0.4 is 14.9 Å². The van der Waals surface area contributed by atoms with Gasteiger partial charge >= 0.3 is 5.69 Å². The first-order valence-corrected chi connectivity index (χ1v) is 9.73. The molecule has 15 heteroatoms. The van der Waals surface area contributed by atoms with Gasteiger partial charge in [-0.2, -0.15) is 5.10 Å². The van der Waals surface area contributed by atoms with E-state index in [0.717, 1.165) is 24.4 Å². The Morgan fingerprint density at radius 2 is 1.47 bits per heavy atom. The van der Waals surface area contributed by atoms with Gasteiger partial charge in [0.05, 0.1) is 28.7 Å². The summed E-state index contributed by atoms with van der Waals surface area (Å²) < 4.78 is 78.1. The van der Waals surface area contributed by atoms with Crippen LogP contribution in [0.3, 0.4) is 0 Å². The van der Waals surface area contributed by atoms with Crippen LogP contribution in [0.1, 0.15) is 12.5 Å². The maximum Gasteiger partial charge on any atom is 0.318 e. The molecule has 0 unspecified atom stereocenters. The highest BCUT2D eigenvalue weighted by Crippen LogP contribution is 2.38. The average molecular weight is 512 g/mol. The van der Waals surface area contributed by atoms with E-state index in [1.54, 1.807) is 12.3 Å². The Morgan fingerprint density at radius 1 is 0.861 bits per heavy atom. The van der Waals surface area contributed by atoms with Gasteiger partial charge in [-0.15, -0.1) is 0 Å². The quantitative estimate of drug-likeness (QED) is 0.0953. The zero-order valence-corrected chi connectivity index (χ0v) is 17.9. The van der Waals surface area contributed by atoms with Crippen molar-refractivity contribution in [3.63, 3.8) is 0 Å². The van der Waals surface area contributed by atoms with Gasteiger partial charge in [0.15, 0.2) is 34.8 Å². The van der Waals surface area contributed by atoms with Crippen LogP contribution in [-0.4, -0.2) is 22.7 Å². The zero-order chi connectivity index (χ0) is 26.6. The molecule has 0 amide bonds. The summed E-state index contributed by atoms with van der Waals surface area (Å²) in [6.07, 6.45) is 0.971. The van der Waals surface area contributed by atoms with Crippen molar-refractivity contribution in [3.05, 3.63) is 91.3 Å². The molecule has 0 saturated carbocycles. The van der Waals surface area contributed by atoms with Gasteiger partial charge in [0.2, 0.25) is 11.6 Å². The van der Waals surface area contributed by atoms with Crippen molar-refractivity contribution in [2.45, 2.75) is 6.92 Å². The third kappa shape index (κ3) is 5.29. The molecular formula is C21H13F5N4O6. The lowest BCUT2D eigenvalue weighted by molar-refractivity contribution is -0.394. The number of rotatable bonds is 9. The highest BCUT2D eigenvalue weighted by molar-refractivity contribution is 5.81. The summed E-state index contributed by atoms with van der Waals surface area (Å²) in [5.41, 5.74) is -0.603. The molecule has 3 rings (SSSR count). The van der Waals surface area contributed by atoms with E-state index < -0.39 is 56.0 Å². The number of non-ortho nitro benzene ring substituents is 1.